The molecule has 0 radical (unpaired) electrons. The van der Waals surface area contributed by atoms with Crippen LogP contribution in [0.15, 0.2) is 0 Å². The Balaban J connectivity index is 1.17. The summed E-state index contributed by atoms with van der Waals surface area (Å²) in [5, 5.41) is 5.96. The van der Waals surface area contributed by atoms with Crippen molar-refractivity contribution in [2.24, 2.45) is 29.4 Å². The molecule has 0 aromatic carbocycles. The first-order valence-electron chi connectivity index (χ1n) is 10.7. The molecule has 2 unspecified atom stereocenters. The standard InChI is InChI=1S/C20H32N4O2/c21-20(14-6-12-5-13(8-14)9-15(20)7-12)11-22-19(26)23-17-10-16-3-1-2-4-24(16)18(17)25/h12-17H,1-11,21H2,(H2,22,23,26). The van der Waals surface area contributed by atoms with E-state index in [0.29, 0.717) is 24.4 Å². The van der Waals surface area contributed by atoms with Crippen LogP contribution in [-0.2, 0) is 4.79 Å². The van der Waals surface area contributed by atoms with Gasteiger partial charge in [-0.05, 0) is 81.5 Å². The van der Waals surface area contributed by atoms with Crippen LogP contribution in [0.2, 0.25) is 0 Å². The number of urea groups is 1. The van der Waals surface area contributed by atoms with Crippen molar-refractivity contribution in [2.45, 2.75) is 75.4 Å². The Morgan fingerprint density at radius 2 is 1.77 bits per heavy atom. The summed E-state index contributed by atoms with van der Waals surface area (Å²) in [7, 11) is 0. The maximum absolute atomic E-state index is 12.5. The van der Waals surface area contributed by atoms with E-state index in [1.807, 2.05) is 4.90 Å². The van der Waals surface area contributed by atoms with Crippen molar-refractivity contribution < 1.29 is 9.59 Å². The minimum absolute atomic E-state index is 0.0990. The van der Waals surface area contributed by atoms with Gasteiger partial charge in [0.25, 0.3) is 0 Å². The topological polar surface area (TPSA) is 87.5 Å². The van der Waals surface area contributed by atoms with Gasteiger partial charge in [-0.25, -0.2) is 4.79 Å². The molecule has 2 heterocycles. The van der Waals surface area contributed by atoms with Gasteiger partial charge in [0.2, 0.25) is 5.91 Å². The number of nitrogens with two attached hydrogens (primary N) is 1. The Kier molecular flexibility index (Phi) is 3.96. The number of nitrogens with one attached hydrogen (secondary N) is 2. The number of amides is 3. The monoisotopic (exact) mass is 360 g/mol. The van der Waals surface area contributed by atoms with Crippen LogP contribution in [0.5, 0.6) is 0 Å². The maximum Gasteiger partial charge on any atom is 0.315 e. The van der Waals surface area contributed by atoms with Crippen LogP contribution in [0.4, 0.5) is 4.79 Å². The molecule has 2 aliphatic heterocycles. The van der Waals surface area contributed by atoms with Gasteiger partial charge < -0.3 is 21.3 Å². The van der Waals surface area contributed by atoms with Crippen molar-refractivity contribution in [3.05, 3.63) is 0 Å². The van der Waals surface area contributed by atoms with E-state index in [0.717, 1.165) is 37.6 Å². The summed E-state index contributed by atoms with van der Waals surface area (Å²) >= 11 is 0. The van der Waals surface area contributed by atoms with Crippen LogP contribution in [-0.4, -0.2) is 47.6 Å². The fourth-order valence-corrected chi connectivity index (χ4v) is 7.02. The van der Waals surface area contributed by atoms with Crippen LogP contribution in [0, 0.1) is 23.7 Å². The lowest BCUT2D eigenvalue weighted by molar-refractivity contribution is -0.131. The molecule has 0 aromatic heterocycles. The van der Waals surface area contributed by atoms with Gasteiger partial charge in [-0.2, -0.15) is 0 Å². The Morgan fingerprint density at radius 3 is 2.42 bits per heavy atom. The highest BCUT2D eigenvalue weighted by Crippen LogP contribution is 2.57. The first-order chi connectivity index (χ1) is 12.5. The number of nitrogens with zero attached hydrogens (tertiary/aromatic N) is 1. The van der Waals surface area contributed by atoms with Crippen LogP contribution in [0.1, 0.15) is 57.8 Å². The lowest BCUT2D eigenvalue weighted by Gasteiger charge is -2.59. The molecule has 4 saturated carbocycles. The second kappa shape index (κ2) is 6.11. The average Bonchev–Trinajstić information content (AvgIpc) is 2.93. The van der Waals surface area contributed by atoms with E-state index in [2.05, 4.69) is 10.6 Å². The van der Waals surface area contributed by atoms with Gasteiger partial charge >= 0.3 is 6.03 Å². The first-order valence-corrected chi connectivity index (χ1v) is 10.7. The smallest absolute Gasteiger partial charge is 0.315 e. The molecule has 4 bridgehead atoms. The predicted molar refractivity (Wildman–Crippen MR) is 98.3 cm³/mol. The molecule has 0 spiro atoms. The molecule has 6 heteroatoms. The molecule has 0 aromatic rings. The molecule has 4 aliphatic carbocycles. The third-order valence-corrected chi connectivity index (χ3v) is 8.23. The van der Waals surface area contributed by atoms with Gasteiger partial charge in [0.1, 0.15) is 6.04 Å². The number of piperidine rings is 1. The molecule has 2 saturated heterocycles. The number of fused-ring (bicyclic) bond motifs is 1. The number of hydrogen-bond donors (Lipinski definition) is 3. The van der Waals surface area contributed by atoms with Crippen molar-refractivity contribution in [1.82, 2.24) is 15.5 Å². The second-order valence-corrected chi connectivity index (χ2v) is 9.71. The average molecular weight is 361 g/mol. The fourth-order valence-electron chi connectivity index (χ4n) is 7.02. The summed E-state index contributed by atoms with van der Waals surface area (Å²) in [6.07, 6.45) is 10.5. The van der Waals surface area contributed by atoms with E-state index < -0.39 is 0 Å². The fraction of sp³-hybridized carbons (Fsp3) is 0.900. The predicted octanol–water partition coefficient (Wildman–Crippen LogP) is 1.59. The van der Waals surface area contributed by atoms with Gasteiger partial charge in [0, 0.05) is 24.7 Å². The summed E-state index contributed by atoms with van der Waals surface area (Å²) in [6, 6.07) is -0.251. The molecule has 4 N–H and O–H groups in total. The second-order valence-electron chi connectivity index (χ2n) is 9.71. The van der Waals surface area contributed by atoms with Gasteiger partial charge in [-0.3, -0.25) is 4.79 Å². The Labute approximate surface area is 155 Å². The van der Waals surface area contributed by atoms with Crippen molar-refractivity contribution in [3.8, 4) is 0 Å². The van der Waals surface area contributed by atoms with Gasteiger partial charge in [0.05, 0.1) is 0 Å². The summed E-state index contributed by atoms with van der Waals surface area (Å²) in [4.78, 5) is 27.0. The normalized spacial score (nSPS) is 46.3. The Morgan fingerprint density at radius 1 is 1.08 bits per heavy atom. The van der Waals surface area contributed by atoms with E-state index in [9.17, 15) is 9.59 Å². The number of carbonyl (C=O) groups excluding carboxylic acids is 2. The minimum atomic E-state index is -0.356. The molecular weight excluding hydrogens is 328 g/mol. The maximum atomic E-state index is 12.5. The van der Waals surface area contributed by atoms with Crippen molar-refractivity contribution in [3.63, 3.8) is 0 Å². The zero-order chi connectivity index (χ0) is 17.9. The number of hydrogen-bond acceptors (Lipinski definition) is 3. The highest BCUT2D eigenvalue weighted by atomic mass is 16.2. The van der Waals surface area contributed by atoms with E-state index in [-0.39, 0.29) is 23.5 Å². The highest BCUT2D eigenvalue weighted by molar-refractivity contribution is 5.89. The highest BCUT2D eigenvalue weighted by Gasteiger charge is 2.55. The molecule has 26 heavy (non-hydrogen) atoms. The summed E-state index contributed by atoms with van der Waals surface area (Å²) < 4.78 is 0. The third-order valence-electron chi connectivity index (χ3n) is 8.23. The zero-order valence-corrected chi connectivity index (χ0v) is 15.6. The Hall–Kier alpha value is -1.30. The van der Waals surface area contributed by atoms with Gasteiger partial charge in [0.15, 0.2) is 0 Å². The summed E-state index contributed by atoms with van der Waals surface area (Å²) in [5.41, 5.74) is 6.60. The van der Waals surface area contributed by atoms with E-state index >= 15 is 0 Å². The zero-order valence-electron chi connectivity index (χ0n) is 15.6. The molecule has 2 atom stereocenters. The molecule has 6 aliphatic rings. The molecule has 3 amide bonds. The van der Waals surface area contributed by atoms with E-state index in [4.69, 9.17) is 5.73 Å². The van der Waals surface area contributed by atoms with E-state index in [1.165, 1.54) is 38.5 Å². The molecule has 6 rings (SSSR count). The van der Waals surface area contributed by atoms with Crippen LogP contribution >= 0.6 is 0 Å². The SMILES string of the molecule is NC1(CNC(=O)NC2CC3CCCCN3C2=O)C2CC3CC(C2)CC1C3. The quantitative estimate of drug-likeness (QED) is 0.714. The van der Waals surface area contributed by atoms with E-state index in [1.54, 1.807) is 0 Å². The van der Waals surface area contributed by atoms with Crippen LogP contribution in [0.3, 0.4) is 0 Å². The van der Waals surface area contributed by atoms with Crippen molar-refractivity contribution in [1.29, 1.82) is 0 Å². The molecule has 6 fully saturated rings. The summed E-state index contributed by atoms with van der Waals surface area (Å²) in [6.45, 7) is 1.39. The lowest BCUT2D eigenvalue weighted by Crippen LogP contribution is -2.67. The van der Waals surface area contributed by atoms with Crippen molar-refractivity contribution >= 4 is 11.9 Å². The van der Waals surface area contributed by atoms with Crippen LogP contribution in [0.25, 0.3) is 0 Å². The minimum Gasteiger partial charge on any atom is -0.338 e. The van der Waals surface area contributed by atoms with Crippen LogP contribution < -0.4 is 16.4 Å². The number of carbonyl (C=O) groups is 2. The summed E-state index contributed by atoms with van der Waals surface area (Å²) in [5.74, 6) is 2.96. The largest absolute Gasteiger partial charge is 0.338 e. The molecular formula is C20H32N4O2. The number of rotatable bonds is 3. The molecule has 144 valence electrons. The van der Waals surface area contributed by atoms with Gasteiger partial charge in [-0.15, -0.1) is 0 Å². The molecule has 6 nitrogen and oxygen atoms in total. The van der Waals surface area contributed by atoms with Gasteiger partial charge in [-0.1, -0.05) is 0 Å². The first kappa shape index (κ1) is 16.8. The third kappa shape index (κ3) is 2.63. The Bertz CT molecular complexity index is 579. The lowest BCUT2D eigenvalue weighted by atomic mass is 9.49. The van der Waals surface area contributed by atoms with Crippen molar-refractivity contribution in [2.75, 3.05) is 13.1 Å².